The quantitative estimate of drug-likeness (QED) is 0.861. The molecule has 0 bridgehead atoms. The van der Waals surface area contributed by atoms with E-state index in [4.69, 9.17) is 0 Å². The van der Waals surface area contributed by atoms with Crippen LogP contribution in [0, 0.1) is 5.92 Å². The molecule has 0 unspecified atom stereocenters. The summed E-state index contributed by atoms with van der Waals surface area (Å²) in [6.45, 7) is 0.538. The highest BCUT2D eigenvalue weighted by molar-refractivity contribution is 9.10. The highest BCUT2D eigenvalue weighted by atomic mass is 79.9. The monoisotopic (exact) mass is 349 g/mol. The summed E-state index contributed by atoms with van der Waals surface area (Å²) in [5.41, 5.74) is -0.787. The predicted molar refractivity (Wildman–Crippen MR) is 73.4 cm³/mol. The van der Waals surface area contributed by atoms with Crippen molar-refractivity contribution in [2.24, 2.45) is 5.92 Å². The second-order valence-electron chi connectivity index (χ2n) is 5.05. The maximum Gasteiger partial charge on any atom is 0.417 e. The van der Waals surface area contributed by atoms with Crippen LogP contribution in [0.2, 0.25) is 0 Å². The molecule has 0 aromatic heterocycles. The Morgan fingerprint density at radius 3 is 2.55 bits per heavy atom. The fourth-order valence-electron chi connectivity index (χ4n) is 2.44. The van der Waals surface area contributed by atoms with Crippen LogP contribution < -0.4 is 5.32 Å². The Morgan fingerprint density at radius 1 is 1.30 bits per heavy atom. The number of hydrogen-bond donors (Lipinski definition) is 1. The fourth-order valence-corrected chi connectivity index (χ4v) is 2.91. The van der Waals surface area contributed by atoms with Crippen molar-refractivity contribution in [3.63, 3.8) is 0 Å². The summed E-state index contributed by atoms with van der Waals surface area (Å²) in [4.78, 5) is 11.9. The molecule has 1 aromatic rings. The molecule has 1 saturated carbocycles. The number of alkyl halides is 3. The first-order valence-electron chi connectivity index (χ1n) is 6.53. The van der Waals surface area contributed by atoms with Crippen LogP contribution in [0.1, 0.15) is 41.6 Å². The standard InChI is InChI=1S/C14H15BrF3NO/c15-12-6-5-10(7-11(12)14(16,17)18)13(20)19-8-9-3-1-2-4-9/h5-7,9H,1-4,8H2,(H,19,20). The molecule has 20 heavy (non-hydrogen) atoms. The highest BCUT2D eigenvalue weighted by Crippen LogP contribution is 2.35. The molecular formula is C14H15BrF3NO. The van der Waals surface area contributed by atoms with Gasteiger partial charge in [0.25, 0.3) is 5.91 Å². The van der Waals surface area contributed by atoms with Crippen LogP contribution in [0.4, 0.5) is 13.2 Å². The first-order valence-corrected chi connectivity index (χ1v) is 7.32. The molecule has 0 aliphatic heterocycles. The maximum absolute atomic E-state index is 12.8. The molecule has 0 atom stereocenters. The van der Waals surface area contributed by atoms with E-state index in [1.54, 1.807) is 0 Å². The van der Waals surface area contributed by atoms with Gasteiger partial charge in [-0.25, -0.2) is 0 Å². The second-order valence-corrected chi connectivity index (χ2v) is 5.91. The zero-order valence-electron chi connectivity index (χ0n) is 10.8. The Kier molecular flexibility index (Phi) is 4.73. The summed E-state index contributed by atoms with van der Waals surface area (Å²) < 4.78 is 38.2. The van der Waals surface area contributed by atoms with Crippen molar-refractivity contribution < 1.29 is 18.0 Å². The normalized spacial score (nSPS) is 16.4. The molecule has 2 nitrogen and oxygen atoms in total. The summed E-state index contributed by atoms with van der Waals surface area (Å²) in [5.74, 6) is 0.00591. The molecule has 0 saturated heterocycles. The minimum absolute atomic E-state index is 0.0403. The zero-order valence-corrected chi connectivity index (χ0v) is 12.4. The number of amides is 1. The molecule has 0 heterocycles. The maximum atomic E-state index is 12.8. The van der Waals surface area contributed by atoms with Gasteiger partial charge >= 0.3 is 6.18 Å². The molecule has 0 radical (unpaired) electrons. The van der Waals surface area contributed by atoms with Crippen LogP contribution in [0.25, 0.3) is 0 Å². The lowest BCUT2D eigenvalue weighted by atomic mass is 10.1. The van der Waals surface area contributed by atoms with E-state index >= 15 is 0 Å². The topological polar surface area (TPSA) is 29.1 Å². The summed E-state index contributed by atoms with van der Waals surface area (Å²) in [6.07, 6.45) is 0.0114. The van der Waals surface area contributed by atoms with Crippen LogP contribution >= 0.6 is 15.9 Å². The number of carbonyl (C=O) groups is 1. The molecule has 1 fully saturated rings. The molecule has 2 rings (SSSR count). The molecular weight excluding hydrogens is 335 g/mol. The second kappa shape index (κ2) is 6.16. The lowest BCUT2D eigenvalue weighted by Gasteiger charge is -2.13. The van der Waals surface area contributed by atoms with Crippen LogP contribution in [-0.4, -0.2) is 12.5 Å². The van der Waals surface area contributed by atoms with Gasteiger partial charge in [0.1, 0.15) is 0 Å². The average molecular weight is 350 g/mol. The summed E-state index contributed by atoms with van der Waals surface area (Å²) >= 11 is 2.86. The third-order valence-electron chi connectivity index (χ3n) is 3.56. The smallest absolute Gasteiger partial charge is 0.352 e. The van der Waals surface area contributed by atoms with Gasteiger partial charge in [-0.3, -0.25) is 4.79 Å². The molecule has 110 valence electrons. The lowest BCUT2D eigenvalue weighted by molar-refractivity contribution is -0.138. The number of carbonyl (C=O) groups excluding carboxylic acids is 1. The Balaban J connectivity index is 2.06. The van der Waals surface area contributed by atoms with E-state index in [0.29, 0.717) is 12.5 Å². The van der Waals surface area contributed by atoms with Crippen molar-refractivity contribution in [2.75, 3.05) is 6.54 Å². The molecule has 1 aliphatic carbocycles. The summed E-state index contributed by atoms with van der Waals surface area (Å²) in [5, 5.41) is 2.72. The zero-order chi connectivity index (χ0) is 14.8. The Bertz CT molecular complexity index is 496. The van der Waals surface area contributed by atoms with E-state index in [0.717, 1.165) is 31.7 Å². The minimum atomic E-state index is -4.47. The van der Waals surface area contributed by atoms with Crippen molar-refractivity contribution in [2.45, 2.75) is 31.9 Å². The fraction of sp³-hybridized carbons (Fsp3) is 0.500. The Hall–Kier alpha value is -1.04. The molecule has 0 spiro atoms. The van der Waals surface area contributed by atoms with Gasteiger partial charge in [0, 0.05) is 16.6 Å². The molecule has 1 aromatic carbocycles. The van der Waals surface area contributed by atoms with Crippen LogP contribution in [0.5, 0.6) is 0 Å². The number of benzene rings is 1. The van der Waals surface area contributed by atoms with Gasteiger partial charge in [-0.05, 0) is 37.0 Å². The van der Waals surface area contributed by atoms with E-state index < -0.39 is 17.6 Å². The molecule has 1 amide bonds. The van der Waals surface area contributed by atoms with Crippen LogP contribution in [0.3, 0.4) is 0 Å². The van der Waals surface area contributed by atoms with Gasteiger partial charge in [0.05, 0.1) is 5.56 Å². The van der Waals surface area contributed by atoms with Crippen molar-refractivity contribution in [3.8, 4) is 0 Å². The lowest BCUT2D eigenvalue weighted by Crippen LogP contribution is -2.28. The van der Waals surface area contributed by atoms with Gasteiger partial charge in [0.15, 0.2) is 0 Å². The molecule has 6 heteroatoms. The van der Waals surface area contributed by atoms with Crippen LogP contribution in [0.15, 0.2) is 22.7 Å². The highest BCUT2D eigenvalue weighted by Gasteiger charge is 2.33. The average Bonchev–Trinajstić information content (AvgIpc) is 2.88. The van der Waals surface area contributed by atoms with E-state index in [1.807, 2.05) is 0 Å². The van der Waals surface area contributed by atoms with Gasteiger partial charge in [-0.1, -0.05) is 28.8 Å². The number of rotatable bonds is 3. The summed E-state index contributed by atoms with van der Waals surface area (Å²) in [7, 11) is 0. The SMILES string of the molecule is O=C(NCC1CCCC1)c1ccc(Br)c(C(F)(F)F)c1. The first-order chi connectivity index (χ1) is 9.38. The summed E-state index contributed by atoms with van der Waals surface area (Å²) in [6, 6.07) is 3.53. The van der Waals surface area contributed by atoms with Crippen molar-refractivity contribution in [1.29, 1.82) is 0 Å². The van der Waals surface area contributed by atoms with Gasteiger partial charge < -0.3 is 5.32 Å². The number of halogens is 4. The van der Waals surface area contributed by atoms with Crippen molar-refractivity contribution in [1.82, 2.24) is 5.32 Å². The van der Waals surface area contributed by atoms with E-state index in [9.17, 15) is 18.0 Å². The van der Waals surface area contributed by atoms with Gasteiger partial charge in [0.2, 0.25) is 0 Å². The third-order valence-corrected chi connectivity index (χ3v) is 4.25. The van der Waals surface area contributed by atoms with Crippen LogP contribution in [-0.2, 0) is 6.18 Å². The third kappa shape index (κ3) is 3.75. The van der Waals surface area contributed by atoms with Gasteiger partial charge in [-0.2, -0.15) is 13.2 Å². The number of nitrogens with one attached hydrogen (secondary N) is 1. The van der Waals surface area contributed by atoms with E-state index in [2.05, 4.69) is 21.2 Å². The van der Waals surface area contributed by atoms with E-state index in [1.165, 1.54) is 12.1 Å². The largest absolute Gasteiger partial charge is 0.417 e. The first kappa shape index (κ1) is 15.4. The molecule has 1 aliphatic rings. The van der Waals surface area contributed by atoms with Crippen molar-refractivity contribution >= 4 is 21.8 Å². The Morgan fingerprint density at radius 2 is 1.95 bits per heavy atom. The van der Waals surface area contributed by atoms with Crippen molar-refractivity contribution in [3.05, 3.63) is 33.8 Å². The van der Waals surface area contributed by atoms with E-state index in [-0.39, 0.29) is 10.0 Å². The Labute approximate surface area is 123 Å². The van der Waals surface area contributed by atoms with Gasteiger partial charge in [-0.15, -0.1) is 0 Å². The minimum Gasteiger partial charge on any atom is -0.352 e. The molecule has 1 N–H and O–H groups in total. The number of hydrogen-bond acceptors (Lipinski definition) is 1. The predicted octanol–water partition coefficient (Wildman–Crippen LogP) is 4.39.